The monoisotopic (exact) mass is 390 g/mol. The first-order valence-electron chi connectivity index (χ1n) is 9.50. The summed E-state index contributed by atoms with van der Waals surface area (Å²) in [5.41, 5.74) is 2.62. The molecule has 1 unspecified atom stereocenters. The van der Waals surface area contributed by atoms with E-state index in [1.165, 1.54) is 0 Å². The average Bonchev–Trinajstić information content (AvgIpc) is 3.18. The number of amides is 2. The number of carbonyl (C=O) groups excluding carboxylic acids is 2. The molecule has 0 radical (unpaired) electrons. The van der Waals surface area contributed by atoms with Gasteiger partial charge >= 0.3 is 0 Å². The highest BCUT2D eigenvalue weighted by atomic mass is 16.2. The van der Waals surface area contributed by atoms with Gasteiger partial charge in [0.05, 0.1) is 23.8 Å². The van der Waals surface area contributed by atoms with E-state index in [1.54, 1.807) is 29.7 Å². The fourth-order valence-electron chi connectivity index (χ4n) is 3.48. The van der Waals surface area contributed by atoms with E-state index in [9.17, 15) is 9.59 Å². The third-order valence-corrected chi connectivity index (χ3v) is 5.00. The highest BCUT2D eigenvalue weighted by Crippen LogP contribution is 2.26. The molecular weight excluding hydrogens is 368 g/mol. The van der Waals surface area contributed by atoms with Crippen LogP contribution in [0.4, 0.5) is 0 Å². The van der Waals surface area contributed by atoms with Gasteiger partial charge in [0.1, 0.15) is 11.5 Å². The maximum atomic E-state index is 12.9. The molecule has 1 atom stereocenters. The van der Waals surface area contributed by atoms with Gasteiger partial charge in [-0.2, -0.15) is 0 Å². The molecule has 0 fully saturated rings. The molecule has 4 rings (SSSR count). The second-order valence-electron chi connectivity index (χ2n) is 7.11. The maximum absolute atomic E-state index is 12.9. The number of fused-ring (bicyclic) bond motifs is 1. The van der Waals surface area contributed by atoms with Crippen molar-refractivity contribution >= 4 is 11.8 Å². The van der Waals surface area contributed by atoms with Crippen molar-refractivity contribution in [1.29, 1.82) is 0 Å². The quantitative estimate of drug-likeness (QED) is 0.737. The third kappa shape index (κ3) is 3.87. The zero-order valence-corrected chi connectivity index (χ0v) is 16.4. The van der Waals surface area contributed by atoms with Gasteiger partial charge in [0, 0.05) is 37.9 Å². The lowest BCUT2D eigenvalue weighted by molar-refractivity contribution is 0.0637. The second-order valence-corrected chi connectivity index (χ2v) is 7.11. The molecule has 3 aromatic heterocycles. The zero-order valence-electron chi connectivity index (χ0n) is 16.4. The molecule has 0 aliphatic carbocycles. The minimum atomic E-state index is -0.259. The Morgan fingerprint density at radius 2 is 2.10 bits per heavy atom. The summed E-state index contributed by atoms with van der Waals surface area (Å²) in [6, 6.07) is 7.15. The van der Waals surface area contributed by atoms with Crippen molar-refractivity contribution in [2.24, 2.45) is 0 Å². The average molecular weight is 390 g/mol. The number of nitrogens with one attached hydrogen (secondary N) is 1. The molecule has 1 aliphatic heterocycles. The van der Waals surface area contributed by atoms with Gasteiger partial charge in [0.15, 0.2) is 0 Å². The molecule has 0 saturated heterocycles. The van der Waals surface area contributed by atoms with Crippen LogP contribution in [0.25, 0.3) is 0 Å². The lowest BCUT2D eigenvalue weighted by Crippen LogP contribution is -2.41. The summed E-state index contributed by atoms with van der Waals surface area (Å²) in [6.07, 6.45) is 6.74. The van der Waals surface area contributed by atoms with Crippen LogP contribution >= 0.6 is 0 Å². The molecule has 0 spiro atoms. The zero-order chi connectivity index (χ0) is 20.4. The fourth-order valence-corrected chi connectivity index (χ4v) is 3.48. The van der Waals surface area contributed by atoms with Crippen molar-refractivity contribution in [1.82, 2.24) is 29.7 Å². The molecule has 8 nitrogen and oxygen atoms in total. The van der Waals surface area contributed by atoms with Crippen LogP contribution in [0.2, 0.25) is 0 Å². The molecule has 8 heteroatoms. The maximum Gasteiger partial charge on any atom is 0.271 e. The smallest absolute Gasteiger partial charge is 0.271 e. The van der Waals surface area contributed by atoms with Crippen LogP contribution in [0, 0.1) is 6.92 Å². The molecule has 0 aromatic carbocycles. The molecule has 0 saturated carbocycles. The standard InChI is InChI=1S/C21H22N6O2/c1-14-9-16(11-22-10-14)21(29)27-8-7-26-13-18(25-19(26)15(27)2)20(28)24-12-17-5-3-4-6-23-17/h3-6,9-11,13,15H,7-8,12H2,1-2H3,(H,24,28). The Morgan fingerprint density at radius 1 is 1.24 bits per heavy atom. The van der Waals surface area contributed by atoms with Gasteiger partial charge in [-0.25, -0.2) is 4.98 Å². The Labute approximate surface area is 168 Å². The first-order valence-corrected chi connectivity index (χ1v) is 9.50. The summed E-state index contributed by atoms with van der Waals surface area (Å²) in [5, 5.41) is 2.84. The minimum absolute atomic E-state index is 0.0795. The highest BCUT2D eigenvalue weighted by Gasteiger charge is 2.31. The summed E-state index contributed by atoms with van der Waals surface area (Å²) >= 11 is 0. The molecule has 0 bridgehead atoms. The van der Waals surface area contributed by atoms with E-state index in [2.05, 4.69) is 20.3 Å². The van der Waals surface area contributed by atoms with Crippen molar-refractivity contribution < 1.29 is 9.59 Å². The molecule has 29 heavy (non-hydrogen) atoms. The molecule has 148 valence electrons. The van der Waals surface area contributed by atoms with Crippen molar-refractivity contribution in [3.8, 4) is 0 Å². The first kappa shape index (κ1) is 18.8. The number of pyridine rings is 2. The Hall–Kier alpha value is -3.55. The Morgan fingerprint density at radius 3 is 2.86 bits per heavy atom. The summed E-state index contributed by atoms with van der Waals surface area (Å²) in [7, 11) is 0. The van der Waals surface area contributed by atoms with Crippen LogP contribution < -0.4 is 5.32 Å². The Bertz CT molecular complexity index is 1050. The predicted octanol–water partition coefficient (Wildman–Crippen LogP) is 2.13. The topological polar surface area (TPSA) is 93.0 Å². The van der Waals surface area contributed by atoms with Gasteiger partial charge in [-0.15, -0.1) is 0 Å². The number of aryl methyl sites for hydroxylation is 1. The van der Waals surface area contributed by atoms with Crippen molar-refractivity contribution in [3.05, 3.63) is 77.4 Å². The third-order valence-electron chi connectivity index (χ3n) is 5.00. The van der Waals surface area contributed by atoms with E-state index >= 15 is 0 Å². The summed E-state index contributed by atoms with van der Waals surface area (Å²) < 4.78 is 1.94. The normalized spacial score (nSPS) is 15.7. The number of imidazole rings is 1. The van der Waals surface area contributed by atoms with Crippen molar-refractivity contribution in [3.63, 3.8) is 0 Å². The van der Waals surface area contributed by atoms with Crippen LogP contribution in [0.5, 0.6) is 0 Å². The molecule has 4 heterocycles. The number of nitrogens with zero attached hydrogens (tertiary/aromatic N) is 5. The highest BCUT2D eigenvalue weighted by molar-refractivity contribution is 5.94. The van der Waals surface area contributed by atoms with Gasteiger partial charge in [-0.1, -0.05) is 6.07 Å². The van der Waals surface area contributed by atoms with E-state index in [0.717, 1.165) is 11.3 Å². The number of rotatable bonds is 4. The molecule has 3 aromatic rings. The van der Waals surface area contributed by atoms with E-state index in [0.29, 0.717) is 36.7 Å². The molecule has 1 N–H and O–H groups in total. The van der Waals surface area contributed by atoms with E-state index in [-0.39, 0.29) is 17.9 Å². The van der Waals surface area contributed by atoms with Crippen LogP contribution in [0.3, 0.4) is 0 Å². The van der Waals surface area contributed by atoms with Crippen LogP contribution in [-0.4, -0.2) is 42.8 Å². The van der Waals surface area contributed by atoms with Crippen LogP contribution in [0.15, 0.2) is 49.1 Å². The predicted molar refractivity (Wildman–Crippen MR) is 106 cm³/mol. The van der Waals surface area contributed by atoms with Crippen molar-refractivity contribution in [2.45, 2.75) is 33.0 Å². The van der Waals surface area contributed by atoms with Gasteiger partial charge in [0.2, 0.25) is 0 Å². The second kappa shape index (κ2) is 7.83. The first-order chi connectivity index (χ1) is 14.0. The lowest BCUT2D eigenvalue weighted by atomic mass is 10.1. The summed E-state index contributed by atoms with van der Waals surface area (Å²) in [4.78, 5) is 40.0. The number of aromatic nitrogens is 4. The van der Waals surface area contributed by atoms with E-state index in [4.69, 9.17) is 0 Å². The molecule has 1 aliphatic rings. The Balaban J connectivity index is 1.48. The number of hydrogen-bond acceptors (Lipinski definition) is 5. The van der Waals surface area contributed by atoms with Crippen LogP contribution in [0.1, 0.15) is 50.9 Å². The van der Waals surface area contributed by atoms with Gasteiger partial charge < -0.3 is 14.8 Å². The summed E-state index contributed by atoms with van der Waals surface area (Å²) in [6.45, 7) is 5.31. The number of carbonyl (C=O) groups is 2. The van der Waals surface area contributed by atoms with Gasteiger partial charge in [0.25, 0.3) is 11.8 Å². The van der Waals surface area contributed by atoms with Crippen molar-refractivity contribution in [2.75, 3.05) is 6.54 Å². The van der Waals surface area contributed by atoms with Gasteiger partial charge in [-0.3, -0.25) is 19.6 Å². The SMILES string of the molecule is Cc1cncc(C(=O)N2CCn3cc(C(=O)NCc4ccccn4)nc3C2C)c1. The van der Waals surface area contributed by atoms with E-state index in [1.807, 2.05) is 42.7 Å². The molecule has 2 amide bonds. The number of hydrogen-bond donors (Lipinski definition) is 1. The fraction of sp³-hybridized carbons (Fsp3) is 0.286. The van der Waals surface area contributed by atoms with Crippen LogP contribution in [-0.2, 0) is 13.1 Å². The lowest BCUT2D eigenvalue weighted by Gasteiger charge is -2.33. The minimum Gasteiger partial charge on any atom is -0.345 e. The largest absolute Gasteiger partial charge is 0.345 e. The van der Waals surface area contributed by atoms with Gasteiger partial charge in [-0.05, 0) is 37.6 Å². The Kier molecular flexibility index (Phi) is 5.07. The molecular formula is C21H22N6O2. The summed E-state index contributed by atoms with van der Waals surface area (Å²) in [5.74, 6) is 0.364. The van der Waals surface area contributed by atoms with E-state index < -0.39 is 0 Å².